The number of benzene rings is 2. The van der Waals surface area contributed by atoms with Gasteiger partial charge in [0.1, 0.15) is 5.15 Å². The van der Waals surface area contributed by atoms with Crippen LogP contribution in [0.4, 0.5) is 0 Å². The van der Waals surface area contributed by atoms with Crippen molar-refractivity contribution in [3.05, 3.63) is 83.6 Å². The molecule has 0 aliphatic heterocycles. The molecule has 0 aliphatic carbocycles. The van der Waals surface area contributed by atoms with Crippen LogP contribution in [0.25, 0.3) is 22.2 Å². The van der Waals surface area contributed by atoms with E-state index in [0.29, 0.717) is 16.0 Å². The number of nitrogens with zero attached hydrogens (tertiary/aromatic N) is 3. The highest BCUT2D eigenvalue weighted by Gasteiger charge is 2.09. The number of thioether (sulfide) groups is 1. The first-order valence-electron chi connectivity index (χ1n) is 7.85. The molecule has 0 aliphatic rings. The summed E-state index contributed by atoms with van der Waals surface area (Å²) < 4.78 is 0. The number of fused-ring (bicyclic) bond motifs is 1. The van der Waals surface area contributed by atoms with E-state index in [1.807, 2.05) is 60.8 Å². The van der Waals surface area contributed by atoms with Crippen LogP contribution in [0.5, 0.6) is 0 Å². The van der Waals surface area contributed by atoms with Gasteiger partial charge in [-0.1, -0.05) is 84.0 Å². The zero-order valence-electron chi connectivity index (χ0n) is 13.3. The highest BCUT2D eigenvalue weighted by Crippen LogP contribution is 2.29. The first-order valence-corrected chi connectivity index (χ1v) is 9.21. The minimum absolute atomic E-state index is 0.455. The summed E-state index contributed by atoms with van der Waals surface area (Å²) in [6.45, 7) is 0. The Morgan fingerprint density at radius 3 is 2.36 bits per heavy atom. The van der Waals surface area contributed by atoms with Crippen LogP contribution in [-0.2, 0) is 5.75 Å². The smallest absolute Gasteiger partial charge is 0.189 e. The molecule has 25 heavy (non-hydrogen) atoms. The number of aromatic nitrogens is 3. The van der Waals surface area contributed by atoms with Gasteiger partial charge in [0.2, 0.25) is 0 Å². The third-order valence-corrected chi connectivity index (χ3v) is 5.02. The second kappa shape index (κ2) is 7.21. The lowest BCUT2D eigenvalue weighted by atomic mass is 10.1. The first-order chi connectivity index (χ1) is 12.3. The summed E-state index contributed by atoms with van der Waals surface area (Å²) in [4.78, 5) is 13.5. The molecular formula is C20H14ClN3S. The maximum Gasteiger partial charge on any atom is 0.189 e. The Bertz CT molecular complexity index is 1010. The minimum atomic E-state index is 0.455. The highest BCUT2D eigenvalue weighted by molar-refractivity contribution is 7.98. The van der Waals surface area contributed by atoms with Crippen molar-refractivity contribution in [1.82, 2.24) is 15.0 Å². The van der Waals surface area contributed by atoms with Crippen molar-refractivity contribution in [2.75, 3.05) is 0 Å². The Labute approximate surface area is 155 Å². The molecule has 0 radical (unpaired) electrons. The van der Waals surface area contributed by atoms with E-state index in [9.17, 15) is 0 Å². The van der Waals surface area contributed by atoms with Gasteiger partial charge in [-0.15, -0.1) is 0 Å². The lowest BCUT2D eigenvalue weighted by Crippen LogP contribution is -1.93. The molecule has 2 aromatic carbocycles. The molecule has 2 aromatic heterocycles. The van der Waals surface area contributed by atoms with Crippen molar-refractivity contribution >= 4 is 34.4 Å². The Hall–Kier alpha value is -2.43. The number of pyridine rings is 1. The second-order valence-electron chi connectivity index (χ2n) is 5.53. The van der Waals surface area contributed by atoms with Gasteiger partial charge in [0, 0.05) is 22.9 Å². The van der Waals surface area contributed by atoms with Gasteiger partial charge >= 0.3 is 0 Å². The van der Waals surface area contributed by atoms with Crippen LogP contribution < -0.4 is 0 Å². The van der Waals surface area contributed by atoms with Crippen LogP contribution >= 0.6 is 23.4 Å². The van der Waals surface area contributed by atoms with Crippen molar-refractivity contribution in [3.63, 3.8) is 0 Å². The van der Waals surface area contributed by atoms with E-state index in [2.05, 4.69) is 27.1 Å². The zero-order valence-corrected chi connectivity index (χ0v) is 14.8. The van der Waals surface area contributed by atoms with E-state index in [1.165, 1.54) is 5.56 Å². The largest absolute Gasteiger partial charge is 0.230 e. The van der Waals surface area contributed by atoms with E-state index in [4.69, 9.17) is 11.6 Å². The molecule has 0 unspecified atom stereocenters. The predicted octanol–water partition coefficient (Wildman–Crippen LogP) is 5.64. The lowest BCUT2D eigenvalue weighted by Gasteiger charge is -2.07. The van der Waals surface area contributed by atoms with Crippen molar-refractivity contribution in [1.29, 1.82) is 0 Å². The number of hydrogen-bond donors (Lipinski definition) is 0. The first kappa shape index (κ1) is 16.1. The maximum absolute atomic E-state index is 6.38. The third kappa shape index (κ3) is 3.65. The molecule has 0 saturated heterocycles. The molecule has 122 valence electrons. The van der Waals surface area contributed by atoms with E-state index in [0.717, 1.165) is 22.3 Å². The number of hydrogen-bond acceptors (Lipinski definition) is 4. The van der Waals surface area contributed by atoms with Crippen LogP contribution in [-0.4, -0.2) is 15.0 Å². The van der Waals surface area contributed by atoms with Gasteiger partial charge in [-0.25, -0.2) is 15.0 Å². The molecule has 0 fully saturated rings. The van der Waals surface area contributed by atoms with Crippen LogP contribution in [0.3, 0.4) is 0 Å². The van der Waals surface area contributed by atoms with Gasteiger partial charge in [-0.05, 0) is 17.2 Å². The Morgan fingerprint density at radius 1 is 0.880 bits per heavy atom. The molecule has 3 nitrogen and oxygen atoms in total. The summed E-state index contributed by atoms with van der Waals surface area (Å²) in [5.41, 5.74) is 3.78. The van der Waals surface area contributed by atoms with E-state index < -0.39 is 0 Å². The Kier molecular flexibility index (Phi) is 4.63. The molecule has 0 bridgehead atoms. The van der Waals surface area contributed by atoms with Gasteiger partial charge in [0.05, 0.1) is 0 Å². The number of rotatable bonds is 4. The van der Waals surface area contributed by atoms with Crippen molar-refractivity contribution in [2.45, 2.75) is 10.9 Å². The molecule has 0 saturated carbocycles. The summed E-state index contributed by atoms with van der Waals surface area (Å²) >= 11 is 7.97. The molecule has 0 spiro atoms. The molecule has 4 rings (SSSR count). The fourth-order valence-corrected chi connectivity index (χ4v) is 3.55. The fraction of sp³-hybridized carbons (Fsp3) is 0.0500. The van der Waals surface area contributed by atoms with E-state index >= 15 is 0 Å². The predicted molar refractivity (Wildman–Crippen MR) is 104 cm³/mol. The normalized spacial score (nSPS) is 10.9. The van der Waals surface area contributed by atoms with E-state index in [-0.39, 0.29) is 0 Å². The summed E-state index contributed by atoms with van der Waals surface area (Å²) in [6, 6.07) is 22.2. The van der Waals surface area contributed by atoms with Gasteiger partial charge in [-0.2, -0.15) is 0 Å². The standard InChI is InChI=1S/C20H14ClN3S/c21-18-17(15-9-5-2-6-10-15)11-16-12-22-20(24-19(16)23-18)25-13-14-7-3-1-4-8-14/h1-12H,13H2. The molecule has 0 amide bonds. The third-order valence-electron chi connectivity index (χ3n) is 3.80. The molecule has 2 heterocycles. The van der Waals surface area contributed by atoms with Crippen molar-refractivity contribution < 1.29 is 0 Å². The topological polar surface area (TPSA) is 38.7 Å². The van der Waals surface area contributed by atoms with Gasteiger partial charge < -0.3 is 0 Å². The van der Waals surface area contributed by atoms with E-state index in [1.54, 1.807) is 11.8 Å². The quantitative estimate of drug-likeness (QED) is 0.267. The summed E-state index contributed by atoms with van der Waals surface area (Å²) in [5, 5.41) is 2.04. The molecule has 0 N–H and O–H groups in total. The second-order valence-corrected chi connectivity index (χ2v) is 6.83. The van der Waals surface area contributed by atoms with Gasteiger partial charge in [0.25, 0.3) is 0 Å². The van der Waals surface area contributed by atoms with Crippen LogP contribution in [0.15, 0.2) is 78.1 Å². The Morgan fingerprint density at radius 2 is 1.60 bits per heavy atom. The SMILES string of the molecule is Clc1nc2nc(SCc3ccccc3)ncc2cc1-c1ccccc1. The molecule has 5 heteroatoms. The zero-order chi connectivity index (χ0) is 17.1. The molecule has 0 atom stereocenters. The average molecular weight is 364 g/mol. The fourth-order valence-electron chi connectivity index (χ4n) is 2.54. The summed E-state index contributed by atoms with van der Waals surface area (Å²) in [5.74, 6) is 0.822. The molecular weight excluding hydrogens is 350 g/mol. The highest BCUT2D eigenvalue weighted by atomic mass is 35.5. The van der Waals surface area contributed by atoms with Gasteiger partial charge in [0.15, 0.2) is 10.8 Å². The minimum Gasteiger partial charge on any atom is -0.230 e. The lowest BCUT2D eigenvalue weighted by molar-refractivity contribution is 0.988. The summed E-state index contributed by atoms with van der Waals surface area (Å²) in [7, 11) is 0. The maximum atomic E-state index is 6.38. The average Bonchev–Trinajstić information content (AvgIpc) is 2.67. The van der Waals surface area contributed by atoms with Gasteiger partial charge in [-0.3, -0.25) is 0 Å². The van der Waals surface area contributed by atoms with Crippen LogP contribution in [0.1, 0.15) is 5.56 Å². The van der Waals surface area contributed by atoms with Crippen LogP contribution in [0.2, 0.25) is 5.15 Å². The summed E-state index contributed by atoms with van der Waals surface area (Å²) in [6.07, 6.45) is 1.81. The van der Waals surface area contributed by atoms with Crippen LogP contribution in [0, 0.1) is 0 Å². The monoisotopic (exact) mass is 363 g/mol. The number of halogens is 1. The van der Waals surface area contributed by atoms with Crippen molar-refractivity contribution in [3.8, 4) is 11.1 Å². The Balaban J connectivity index is 1.63. The molecule has 4 aromatic rings. The van der Waals surface area contributed by atoms with Crippen molar-refractivity contribution in [2.24, 2.45) is 0 Å².